The van der Waals surface area contributed by atoms with Crippen molar-refractivity contribution in [3.8, 4) is 0 Å². The molecule has 2 aromatic heterocycles. The molecule has 0 saturated carbocycles. The second kappa shape index (κ2) is 6.00. The van der Waals surface area contributed by atoms with Crippen LogP contribution in [0.2, 0.25) is 0 Å². The molecular weight excluding hydrogens is 272 g/mol. The Hall–Kier alpha value is -1.95. The molecule has 0 bridgehead atoms. The summed E-state index contributed by atoms with van der Waals surface area (Å²) < 4.78 is 0. The van der Waals surface area contributed by atoms with Crippen molar-refractivity contribution in [3.63, 3.8) is 0 Å². The van der Waals surface area contributed by atoms with E-state index in [9.17, 15) is 4.79 Å². The number of nitrogens with zero attached hydrogens (tertiary/aromatic N) is 3. The number of aromatic nitrogens is 2. The van der Waals surface area contributed by atoms with Crippen molar-refractivity contribution in [2.24, 2.45) is 0 Å². The molecule has 20 heavy (non-hydrogen) atoms. The van der Waals surface area contributed by atoms with Gasteiger partial charge in [-0.15, -0.1) is 11.3 Å². The van der Waals surface area contributed by atoms with Crippen LogP contribution in [0.25, 0.3) is 0 Å². The Labute approximate surface area is 121 Å². The molecule has 1 N–H and O–H groups in total. The van der Waals surface area contributed by atoms with Crippen molar-refractivity contribution in [2.45, 2.75) is 19.3 Å². The van der Waals surface area contributed by atoms with Gasteiger partial charge in [-0.2, -0.15) is 0 Å². The third-order valence-electron chi connectivity index (χ3n) is 3.28. The molecule has 3 heterocycles. The molecule has 0 unspecified atom stereocenters. The molecule has 0 atom stereocenters. The molecule has 0 aliphatic carbocycles. The van der Waals surface area contributed by atoms with Crippen molar-refractivity contribution >= 4 is 28.9 Å². The summed E-state index contributed by atoms with van der Waals surface area (Å²) in [4.78, 5) is 23.4. The van der Waals surface area contributed by atoms with Gasteiger partial charge in [0.05, 0.1) is 23.0 Å². The number of anilines is 2. The van der Waals surface area contributed by atoms with Gasteiger partial charge >= 0.3 is 0 Å². The summed E-state index contributed by atoms with van der Waals surface area (Å²) in [6, 6.07) is 3.65. The monoisotopic (exact) mass is 288 g/mol. The van der Waals surface area contributed by atoms with Gasteiger partial charge in [-0.25, -0.2) is 9.97 Å². The lowest BCUT2D eigenvalue weighted by molar-refractivity contribution is 0.103. The predicted molar refractivity (Wildman–Crippen MR) is 80.4 cm³/mol. The molecule has 0 spiro atoms. The van der Waals surface area contributed by atoms with E-state index in [4.69, 9.17) is 0 Å². The fraction of sp³-hybridized carbons (Fsp3) is 0.357. The standard InChI is InChI=1S/C14H16N4OS/c19-13(12-5-4-8-20-12)17-11-9-15-14(16-10-11)18-6-2-1-3-7-18/h4-5,8-10H,1-3,6-7H2,(H,17,19). The molecule has 1 fully saturated rings. The molecule has 1 aliphatic rings. The van der Waals surface area contributed by atoms with Gasteiger partial charge in [0.15, 0.2) is 0 Å². The Morgan fingerprint density at radius 2 is 1.95 bits per heavy atom. The largest absolute Gasteiger partial charge is 0.341 e. The summed E-state index contributed by atoms with van der Waals surface area (Å²) in [6.07, 6.45) is 7.01. The molecule has 2 aromatic rings. The van der Waals surface area contributed by atoms with Gasteiger partial charge in [0.2, 0.25) is 5.95 Å². The van der Waals surface area contributed by atoms with E-state index < -0.39 is 0 Å². The van der Waals surface area contributed by atoms with Crippen LogP contribution in [-0.2, 0) is 0 Å². The number of piperidine rings is 1. The molecule has 1 aliphatic heterocycles. The van der Waals surface area contributed by atoms with Crippen molar-refractivity contribution in [3.05, 3.63) is 34.8 Å². The van der Waals surface area contributed by atoms with Crippen LogP contribution in [-0.4, -0.2) is 29.0 Å². The van der Waals surface area contributed by atoms with Crippen LogP contribution < -0.4 is 10.2 Å². The number of amides is 1. The molecule has 3 rings (SSSR count). The van der Waals surface area contributed by atoms with E-state index in [1.54, 1.807) is 18.5 Å². The first-order valence-electron chi connectivity index (χ1n) is 6.75. The second-order valence-electron chi connectivity index (χ2n) is 4.75. The maximum absolute atomic E-state index is 11.9. The number of carbonyl (C=O) groups excluding carboxylic acids is 1. The van der Waals surface area contributed by atoms with Gasteiger partial charge in [0, 0.05) is 13.1 Å². The zero-order valence-corrected chi connectivity index (χ0v) is 11.9. The zero-order chi connectivity index (χ0) is 13.8. The topological polar surface area (TPSA) is 58.1 Å². The van der Waals surface area contributed by atoms with Crippen LogP contribution in [0.1, 0.15) is 28.9 Å². The van der Waals surface area contributed by atoms with Crippen LogP contribution in [0.5, 0.6) is 0 Å². The SMILES string of the molecule is O=C(Nc1cnc(N2CCCCC2)nc1)c1cccs1. The summed E-state index contributed by atoms with van der Waals surface area (Å²) in [5.41, 5.74) is 0.629. The van der Waals surface area contributed by atoms with Crippen molar-refractivity contribution in [2.75, 3.05) is 23.3 Å². The lowest BCUT2D eigenvalue weighted by Gasteiger charge is -2.26. The molecule has 0 radical (unpaired) electrons. The summed E-state index contributed by atoms with van der Waals surface area (Å²) in [5.74, 6) is 0.633. The van der Waals surface area contributed by atoms with Crippen LogP contribution >= 0.6 is 11.3 Å². The second-order valence-corrected chi connectivity index (χ2v) is 5.70. The normalized spacial score (nSPS) is 15.1. The minimum atomic E-state index is -0.116. The molecule has 0 aromatic carbocycles. The molecule has 1 saturated heterocycles. The summed E-state index contributed by atoms with van der Waals surface area (Å²) in [7, 11) is 0. The number of thiophene rings is 1. The summed E-state index contributed by atoms with van der Waals surface area (Å²) in [6.45, 7) is 2.03. The Morgan fingerprint density at radius 3 is 2.60 bits per heavy atom. The number of rotatable bonds is 3. The lowest BCUT2D eigenvalue weighted by Crippen LogP contribution is -2.30. The fourth-order valence-electron chi connectivity index (χ4n) is 2.24. The first-order chi connectivity index (χ1) is 9.83. The van der Waals surface area contributed by atoms with Crippen molar-refractivity contribution in [1.82, 2.24) is 9.97 Å². The average molecular weight is 288 g/mol. The van der Waals surface area contributed by atoms with E-state index in [2.05, 4.69) is 20.2 Å². The van der Waals surface area contributed by atoms with E-state index in [1.165, 1.54) is 30.6 Å². The van der Waals surface area contributed by atoms with Gasteiger partial charge in [-0.3, -0.25) is 4.79 Å². The molecule has 5 nitrogen and oxygen atoms in total. The Bertz CT molecular complexity index is 561. The van der Waals surface area contributed by atoms with Crippen LogP contribution in [0.15, 0.2) is 29.9 Å². The highest BCUT2D eigenvalue weighted by atomic mass is 32.1. The predicted octanol–water partition coefficient (Wildman–Crippen LogP) is 2.78. The Kier molecular flexibility index (Phi) is 3.92. The van der Waals surface area contributed by atoms with Crippen LogP contribution in [0.4, 0.5) is 11.6 Å². The first-order valence-corrected chi connectivity index (χ1v) is 7.63. The lowest BCUT2D eigenvalue weighted by atomic mass is 10.1. The highest BCUT2D eigenvalue weighted by molar-refractivity contribution is 7.12. The van der Waals surface area contributed by atoms with E-state index in [1.807, 2.05) is 11.4 Å². The van der Waals surface area contributed by atoms with Crippen molar-refractivity contribution < 1.29 is 4.79 Å². The maximum atomic E-state index is 11.9. The minimum Gasteiger partial charge on any atom is -0.341 e. The third kappa shape index (κ3) is 2.96. The third-order valence-corrected chi connectivity index (χ3v) is 4.15. The highest BCUT2D eigenvalue weighted by Crippen LogP contribution is 2.17. The van der Waals surface area contributed by atoms with E-state index >= 15 is 0 Å². The van der Waals surface area contributed by atoms with Gasteiger partial charge in [-0.1, -0.05) is 6.07 Å². The van der Waals surface area contributed by atoms with E-state index in [0.717, 1.165) is 19.0 Å². The van der Waals surface area contributed by atoms with Crippen molar-refractivity contribution in [1.29, 1.82) is 0 Å². The number of carbonyl (C=O) groups is 1. The zero-order valence-electron chi connectivity index (χ0n) is 11.1. The smallest absolute Gasteiger partial charge is 0.265 e. The van der Waals surface area contributed by atoms with E-state index in [-0.39, 0.29) is 5.91 Å². The summed E-state index contributed by atoms with van der Waals surface area (Å²) >= 11 is 1.42. The van der Waals surface area contributed by atoms with Gasteiger partial charge in [0.25, 0.3) is 5.91 Å². The maximum Gasteiger partial charge on any atom is 0.265 e. The number of hydrogen-bond acceptors (Lipinski definition) is 5. The van der Waals surface area contributed by atoms with E-state index in [0.29, 0.717) is 10.6 Å². The van der Waals surface area contributed by atoms with Crippen LogP contribution in [0, 0.1) is 0 Å². The molecule has 1 amide bonds. The molecular formula is C14H16N4OS. The minimum absolute atomic E-state index is 0.116. The Morgan fingerprint density at radius 1 is 1.20 bits per heavy atom. The molecule has 104 valence electrons. The average Bonchev–Trinajstić information content (AvgIpc) is 3.03. The number of hydrogen-bond donors (Lipinski definition) is 1. The molecule has 6 heteroatoms. The van der Waals surface area contributed by atoms with Crippen LogP contribution in [0.3, 0.4) is 0 Å². The van der Waals surface area contributed by atoms with Gasteiger partial charge in [0.1, 0.15) is 0 Å². The number of nitrogens with one attached hydrogen (secondary N) is 1. The highest BCUT2D eigenvalue weighted by Gasteiger charge is 2.13. The fourth-order valence-corrected chi connectivity index (χ4v) is 2.86. The van der Waals surface area contributed by atoms with Gasteiger partial charge < -0.3 is 10.2 Å². The van der Waals surface area contributed by atoms with Gasteiger partial charge in [-0.05, 0) is 30.7 Å². The Balaban J connectivity index is 1.65. The quantitative estimate of drug-likeness (QED) is 0.943. The first kappa shape index (κ1) is 13.1. The summed E-state index contributed by atoms with van der Waals surface area (Å²) in [5, 5.41) is 4.68.